The summed E-state index contributed by atoms with van der Waals surface area (Å²) in [4.78, 5) is 60.5. The Morgan fingerprint density at radius 3 is 2.35 bits per heavy atom. The van der Waals surface area contributed by atoms with Crippen LogP contribution < -0.4 is 5.32 Å². The quantitative estimate of drug-likeness (QED) is 0.219. The number of nitro benzene ring substituents is 1. The maximum atomic E-state index is 12.7. The van der Waals surface area contributed by atoms with Crippen molar-refractivity contribution in [2.45, 2.75) is 17.2 Å². The summed E-state index contributed by atoms with van der Waals surface area (Å²) in [6.07, 6.45) is 0.616. The number of ether oxygens (including phenoxy) is 1. The molecule has 3 fully saturated rings. The lowest BCUT2D eigenvalue weighted by molar-refractivity contribution is -0.384. The Morgan fingerprint density at radius 1 is 1.16 bits per heavy atom. The Kier molecular flexibility index (Phi) is 5.61. The summed E-state index contributed by atoms with van der Waals surface area (Å²) in [6, 6.07) is 5.25. The number of hydrogen-bond donors (Lipinski definition) is 1. The number of halogens is 2. The summed E-state index contributed by atoms with van der Waals surface area (Å²) in [5.41, 5.74) is -0.0477. The van der Waals surface area contributed by atoms with Crippen LogP contribution in [0.3, 0.4) is 0 Å². The van der Waals surface area contributed by atoms with E-state index >= 15 is 0 Å². The van der Waals surface area contributed by atoms with E-state index in [1.54, 1.807) is 0 Å². The highest BCUT2D eigenvalue weighted by Gasteiger charge is 2.66. The number of carbonyl (C=O) groups is 4. The van der Waals surface area contributed by atoms with Gasteiger partial charge in [0.1, 0.15) is 6.54 Å². The number of carbonyl (C=O) groups excluding carboxylic acids is 4. The molecule has 6 atom stereocenters. The number of non-ortho nitro benzene ring substituents is 1. The Bertz CT molecular complexity index is 955. The number of nitrogens with one attached hydrogen (secondary N) is 1. The van der Waals surface area contributed by atoms with E-state index in [0.717, 1.165) is 11.0 Å². The van der Waals surface area contributed by atoms with Gasteiger partial charge in [-0.3, -0.25) is 34.2 Å². The van der Waals surface area contributed by atoms with Crippen molar-refractivity contribution in [2.75, 3.05) is 18.5 Å². The average molecular weight is 470 g/mol. The fourth-order valence-electron chi connectivity index (χ4n) is 4.78. The maximum absolute atomic E-state index is 12.7. The molecule has 1 heterocycles. The van der Waals surface area contributed by atoms with Gasteiger partial charge in [-0.25, -0.2) is 0 Å². The van der Waals surface area contributed by atoms with Crippen molar-refractivity contribution in [2.24, 2.45) is 23.7 Å². The Hall–Kier alpha value is -2.72. The number of nitro groups is 1. The third-order valence-corrected chi connectivity index (χ3v) is 7.39. The number of hydrogen-bond acceptors (Lipinski definition) is 7. The van der Waals surface area contributed by atoms with E-state index in [0.29, 0.717) is 6.42 Å². The van der Waals surface area contributed by atoms with Gasteiger partial charge in [-0.2, -0.15) is 0 Å². The molecule has 0 spiro atoms. The zero-order valence-electron chi connectivity index (χ0n) is 15.9. The number of fused-ring (bicyclic) bond motifs is 5. The number of amides is 3. The fourth-order valence-corrected chi connectivity index (χ4v) is 5.67. The molecule has 12 heteroatoms. The maximum Gasteiger partial charge on any atom is 0.326 e. The van der Waals surface area contributed by atoms with E-state index in [1.165, 1.54) is 18.2 Å². The lowest BCUT2D eigenvalue weighted by atomic mass is 9.80. The Balaban J connectivity index is 1.31. The first-order valence-corrected chi connectivity index (χ1v) is 10.4. The molecule has 31 heavy (non-hydrogen) atoms. The summed E-state index contributed by atoms with van der Waals surface area (Å²) in [6.45, 7) is -1.28. The summed E-state index contributed by atoms with van der Waals surface area (Å²) in [7, 11) is 0. The average Bonchev–Trinajstić information content (AvgIpc) is 3.33. The minimum atomic E-state index is -0.923. The fraction of sp³-hybridized carbons (Fsp3) is 0.474. The number of likely N-dealkylation sites (tertiary alicyclic amines) is 1. The lowest BCUT2D eigenvalue weighted by Gasteiger charge is -2.28. The molecule has 0 radical (unpaired) electrons. The highest BCUT2D eigenvalue weighted by molar-refractivity contribution is 6.31. The van der Waals surface area contributed by atoms with Crippen LogP contribution in [0.2, 0.25) is 0 Å². The molecule has 1 saturated heterocycles. The highest BCUT2D eigenvalue weighted by Crippen LogP contribution is 2.59. The zero-order chi connectivity index (χ0) is 22.4. The molecule has 2 aliphatic carbocycles. The van der Waals surface area contributed by atoms with Crippen LogP contribution in [0.5, 0.6) is 0 Å². The molecule has 1 aromatic carbocycles. The van der Waals surface area contributed by atoms with Crippen LogP contribution in [0, 0.1) is 33.8 Å². The summed E-state index contributed by atoms with van der Waals surface area (Å²) in [5, 5.41) is 12.4. The van der Waals surface area contributed by atoms with Crippen molar-refractivity contribution in [1.82, 2.24) is 4.90 Å². The van der Waals surface area contributed by atoms with E-state index in [9.17, 15) is 29.3 Å². The predicted molar refractivity (Wildman–Crippen MR) is 107 cm³/mol. The number of nitrogens with zero attached hydrogens (tertiary/aromatic N) is 2. The van der Waals surface area contributed by atoms with Crippen molar-refractivity contribution in [3.05, 3.63) is 34.4 Å². The van der Waals surface area contributed by atoms with E-state index < -0.39 is 64.4 Å². The first-order chi connectivity index (χ1) is 14.7. The Morgan fingerprint density at radius 2 is 1.77 bits per heavy atom. The summed E-state index contributed by atoms with van der Waals surface area (Å²) >= 11 is 12.6. The van der Waals surface area contributed by atoms with Crippen LogP contribution in [0.4, 0.5) is 11.4 Å². The Labute approximate surface area is 185 Å². The molecule has 0 unspecified atom stereocenters. The minimum absolute atomic E-state index is 0.162. The number of benzene rings is 1. The number of rotatable bonds is 6. The largest absolute Gasteiger partial charge is 0.454 e. The molecule has 2 saturated carbocycles. The molecule has 1 N–H and O–H groups in total. The number of alkyl halides is 2. The minimum Gasteiger partial charge on any atom is -0.454 e. The molecule has 2 bridgehead atoms. The van der Waals surface area contributed by atoms with Crippen LogP contribution >= 0.6 is 23.2 Å². The van der Waals surface area contributed by atoms with Crippen LogP contribution in [0.1, 0.15) is 6.42 Å². The molecule has 4 rings (SSSR count). The SMILES string of the molecule is O=C(COC(=O)CN1C(=O)[C@@H]2[C@H]3C[C@@H]([C@H](Cl)[C@H]3Cl)[C@H]2C1=O)Nc1cccc([N+](=O)[O-])c1. The van der Waals surface area contributed by atoms with Gasteiger partial charge < -0.3 is 10.1 Å². The normalized spacial score (nSPS) is 31.0. The van der Waals surface area contributed by atoms with Crippen molar-refractivity contribution < 1.29 is 28.8 Å². The standard InChI is InChI=1S/C19H17Cl2N3O7/c20-16-10-5-11(17(16)21)15-14(10)18(27)23(19(15)28)6-13(26)31-7-12(25)22-8-2-1-3-9(4-8)24(29)30/h1-4,10-11,14-17H,5-7H2,(H,22,25)/t10-,11-,14-,15-,16+,17+/m1/s1. The van der Waals surface area contributed by atoms with E-state index in [2.05, 4.69) is 5.32 Å². The molecular formula is C19H17Cl2N3O7. The number of imide groups is 1. The van der Waals surface area contributed by atoms with Gasteiger partial charge in [0, 0.05) is 17.8 Å². The van der Waals surface area contributed by atoms with Gasteiger partial charge >= 0.3 is 5.97 Å². The second-order valence-corrected chi connectivity index (χ2v) is 8.79. The van der Waals surface area contributed by atoms with Crippen LogP contribution in [0.25, 0.3) is 0 Å². The van der Waals surface area contributed by atoms with E-state index in [-0.39, 0.29) is 23.2 Å². The van der Waals surface area contributed by atoms with E-state index in [1.807, 2.05) is 0 Å². The first-order valence-electron chi connectivity index (χ1n) is 9.52. The number of anilines is 1. The van der Waals surface area contributed by atoms with Crippen molar-refractivity contribution >= 4 is 58.3 Å². The third kappa shape index (κ3) is 3.74. The van der Waals surface area contributed by atoms with E-state index in [4.69, 9.17) is 27.9 Å². The molecule has 3 aliphatic rings. The third-order valence-electron chi connectivity index (χ3n) is 6.07. The molecule has 164 valence electrons. The summed E-state index contributed by atoms with van der Waals surface area (Å²) in [5.74, 6) is -4.11. The molecule has 3 amide bonds. The smallest absolute Gasteiger partial charge is 0.326 e. The molecule has 1 aliphatic heterocycles. The monoisotopic (exact) mass is 469 g/mol. The molecule has 1 aromatic rings. The van der Waals surface area contributed by atoms with Crippen molar-refractivity contribution in [1.29, 1.82) is 0 Å². The van der Waals surface area contributed by atoms with Gasteiger partial charge in [0.05, 0.1) is 27.5 Å². The summed E-state index contributed by atoms with van der Waals surface area (Å²) < 4.78 is 4.86. The molecule has 0 aromatic heterocycles. The van der Waals surface area contributed by atoms with Gasteiger partial charge in [-0.1, -0.05) is 6.07 Å². The van der Waals surface area contributed by atoms with Crippen LogP contribution in [-0.2, 0) is 23.9 Å². The molecular weight excluding hydrogens is 453 g/mol. The van der Waals surface area contributed by atoms with Crippen LogP contribution in [-0.4, -0.2) is 57.4 Å². The van der Waals surface area contributed by atoms with Gasteiger partial charge in [0.25, 0.3) is 11.6 Å². The zero-order valence-corrected chi connectivity index (χ0v) is 17.4. The van der Waals surface area contributed by atoms with Gasteiger partial charge in [-0.15, -0.1) is 23.2 Å². The van der Waals surface area contributed by atoms with Crippen molar-refractivity contribution in [3.63, 3.8) is 0 Å². The van der Waals surface area contributed by atoms with Gasteiger partial charge in [0.15, 0.2) is 6.61 Å². The second-order valence-electron chi connectivity index (χ2n) is 7.78. The number of esters is 1. The molecule has 10 nitrogen and oxygen atoms in total. The van der Waals surface area contributed by atoms with Gasteiger partial charge in [0.2, 0.25) is 11.8 Å². The van der Waals surface area contributed by atoms with Crippen LogP contribution in [0.15, 0.2) is 24.3 Å². The first kappa shape index (κ1) is 21.5. The highest BCUT2D eigenvalue weighted by atomic mass is 35.5. The topological polar surface area (TPSA) is 136 Å². The second kappa shape index (κ2) is 8.08. The lowest BCUT2D eigenvalue weighted by Crippen LogP contribution is -2.38. The predicted octanol–water partition coefficient (Wildman–Crippen LogP) is 1.54. The van der Waals surface area contributed by atoms with Crippen molar-refractivity contribution in [3.8, 4) is 0 Å². The van der Waals surface area contributed by atoms with Gasteiger partial charge in [-0.05, 0) is 24.3 Å².